The topological polar surface area (TPSA) is 59.4 Å². The molecule has 0 atom stereocenters. The van der Waals surface area contributed by atoms with Crippen molar-refractivity contribution in [3.05, 3.63) is 59.4 Å². The van der Waals surface area contributed by atoms with Gasteiger partial charge in [0.1, 0.15) is 11.5 Å². The number of benzene rings is 2. The van der Waals surface area contributed by atoms with Gasteiger partial charge in [-0.15, -0.1) is 0 Å². The first-order chi connectivity index (χ1) is 12.2. The van der Waals surface area contributed by atoms with Crippen LogP contribution in [0.5, 0.6) is 10.9 Å². The molecule has 0 fully saturated rings. The van der Waals surface area contributed by atoms with Gasteiger partial charge in [-0.2, -0.15) is 0 Å². The minimum Gasteiger partial charge on any atom is -0.512 e. The maximum Gasteiger partial charge on any atom is 0.279 e. The Kier molecular flexibility index (Phi) is 4.01. The van der Waals surface area contributed by atoms with Gasteiger partial charge in [-0.05, 0) is 41.8 Å². The molecule has 0 bridgehead atoms. The van der Waals surface area contributed by atoms with Crippen molar-refractivity contribution in [2.45, 2.75) is 26.2 Å². The van der Waals surface area contributed by atoms with Gasteiger partial charge in [0.25, 0.3) is 5.19 Å². The molecular weight excluding hydrogens is 334 g/mol. The highest BCUT2D eigenvalue weighted by atomic mass is 32.1. The molecule has 0 saturated heterocycles. The molecule has 5 heteroatoms. The molecule has 0 spiro atoms. The number of carbonyl (C=O) groups is 1. The van der Waals surface area contributed by atoms with Crippen molar-refractivity contribution in [1.82, 2.24) is 4.98 Å². The first kappa shape index (κ1) is 15.8. The maximum absolute atomic E-state index is 12.2. The summed E-state index contributed by atoms with van der Waals surface area (Å²) in [6.45, 7) is 2.03. The number of ether oxygens (including phenoxy) is 1. The van der Waals surface area contributed by atoms with Crippen LogP contribution >= 0.6 is 11.3 Å². The van der Waals surface area contributed by atoms with Crippen LogP contribution in [0, 0.1) is 0 Å². The van der Waals surface area contributed by atoms with Gasteiger partial charge < -0.3 is 9.84 Å². The minimum atomic E-state index is -0.00987. The van der Waals surface area contributed by atoms with Gasteiger partial charge in [0.05, 0.1) is 15.8 Å². The number of hydrogen-bond donors (Lipinski definition) is 1. The molecule has 0 radical (unpaired) electrons. The number of Topliss-reactive ketones (excluding diaryl/α,β-unsaturated/α-hetero) is 1. The summed E-state index contributed by atoms with van der Waals surface area (Å²) >= 11 is 1.48. The third-order valence-electron chi connectivity index (χ3n) is 4.37. The van der Waals surface area contributed by atoms with Crippen molar-refractivity contribution in [3.63, 3.8) is 0 Å². The zero-order valence-electron chi connectivity index (χ0n) is 13.8. The van der Waals surface area contributed by atoms with Gasteiger partial charge in [-0.25, -0.2) is 4.98 Å². The molecule has 3 aromatic rings. The molecule has 0 amide bonds. The summed E-state index contributed by atoms with van der Waals surface area (Å²) in [5, 5.41) is 10.7. The number of allylic oxidation sites excluding steroid dienone is 2. The molecule has 1 aliphatic rings. The van der Waals surface area contributed by atoms with Crippen LogP contribution in [-0.4, -0.2) is 15.9 Å². The van der Waals surface area contributed by atoms with E-state index in [-0.39, 0.29) is 11.5 Å². The fraction of sp³-hybridized carbons (Fsp3) is 0.200. The van der Waals surface area contributed by atoms with Crippen molar-refractivity contribution in [2.75, 3.05) is 0 Å². The molecule has 1 N–H and O–H groups in total. The molecule has 4 nitrogen and oxygen atoms in total. The number of aliphatic hydroxyl groups excluding tert-OH is 1. The number of thiazole rings is 1. The van der Waals surface area contributed by atoms with Crippen molar-refractivity contribution in [1.29, 1.82) is 0 Å². The fourth-order valence-corrected chi connectivity index (χ4v) is 3.94. The van der Waals surface area contributed by atoms with Gasteiger partial charge in [0.15, 0.2) is 5.78 Å². The van der Waals surface area contributed by atoms with E-state index in [0.29, 0.717) is 29.4 Å². The minimum absolute atomic E-state index is 0.00987. The lowest BCUT2D eigenvalue weighted by Gasteiger charge is -2.11. The quantitative estimate of drug-likeness (QED) is 0.694. The Morgan fingerprint density at radius 1 is 1.20 bits per heavy atom. The standard InChI is InChI=1S/C20H17NO3S/c1-2-12-7-8-13(11-14(12)19-16(22)9-10-17(19)23)24-20-21-15-5-3-4-6-18(15)25-20/h3-8,11,22H,2,9-10H2,1H3. The molecule has 25 heavy (non-hydrogen) atoms. The number of fused-ring (bicyclic) bond motifs is 1. The summed E-state index contributed by atoms with van der Waals surface area (Å²) in [6, 6.07) is 13.5. The monoisotopic (exact) mass is 351 g/mol. The van der Waals surface area contributed by atoms with Crippen LogP contribution in [0.25, 0.3) is 15.8 Å². The van der Waals surface area contributed by atoms with Gasteiger partial charge in [0, 0.05) is 12.8 Å². The lowest BCUT2D eigenvalue weighted by molar-refractivity contribution is -0.113. The van der Waals surface area contributed by atoms with E-state index in [4.69, 9.17) is 4.74 Å². The second-order valence-corrected chi connectivity index (χ2v) is 6.96. The molecule has 0 unspecified atom stereocenters. The van der Waals surface area contributed by atoms with Crippen molar-refractivity contribution >= 4 is 32.9 Å². The summed E-state index contributed by atoms with van der Waals surface area (Å²) in [5.41, 5.74) is 3.13. The number of nitrogens with zero attached hydrogens (tertiary/aromatic N) is 1. The second kappa shape index (κ2) is 6.33. The normalized spacial score (nSPS) is 14.5. The third-order valence-corrected chi connectivity index (χ3v) is 5.28. The third kappa shape index (κ3) is 2.91. The van der Waals surface area contributed by atoms with Crippen molar-refractivity contribution < 1.29 is 14.6 Å². The van der Waals surface area contributed by atoms with Gasteiger partial charge in [-0.1, -0.05) is 36.5 Å². The van der Waals surface area contributed by atoms with Crippen LogP contribution in [-0.2, 0) is 11.2 Å². The van der Waals surface area contributed by atoms with E-state index in [1.807, 2.05) is 49.4 Å². The number of aromatic nitrogens is 1. The van der Waals surface area contributed by atoms with Crippen LogP contribution in [0.15, 0.2) is 48.2 Å². The van der Waals surface area contributed by atoms with E-state index in [2.05, 4.69) is 4.98 Å². The predicted octanol–water partition coefficient (Wildman–Crippen LogP) is 5.28. The van der Waals surface area contributed by atoms with Crippen LogP contribution in [0.1, 0.15) is 30.9 Å². The zero-order chi connectivity index (χ0) is 17.4. The van der Waals surface area contributed by atoms with E-state index in [1.54, 1.807) is 0 Å². The van der Waals surface area contributed by atoms with Crippen LogP contribution in [0.4, 0.5) is 0 Å². The fourth-order valence-electron chi connectivity index (χ4n) is 3.10. The Morgan fingerprint density at radius 3 is 2.76 bits per heavy atom. The first-order valence-electron chi connectivity index (χ1n) is 8.27. The molecule has 0 aliphatic heterocycles. The zero-order valence-corrected chi connectivity index (χ0v) is 14.6. The number of ketones is 1. The Labute approximate surface area is 149 Å². The largest absolute Gasteiger partial charge is 0.512 e. The smallest absolute Gasteiger partial charge is 0.279 e. The summed E-state index contributed by atoms with van der Waals surface area (Å²) < 4.78 is 6.99. The first-order valence-corrected chi connectivity index (χ1v) is 9.09. The molecule has 0 saturated carbocycles. The summed E-state index contributed by atoms with van der Waals surface area (Å²) in [7, 11) is 0. The second-order valence-electron chi connectivity index (χ2n) is 5.97. The Bertz CT molecular complexity index is 970. The molecule has 1 aromatic heterocycles. The number of hydrogen-bond acceptors (Lipinski definition) is 5. The number of aryl methyl sites for hydroxylation is 1. The average molecular weight is 351 g/mol. The Morgan fingerprint density at radius 2 is 2.04 bits per heavy atom. The summed E-state index contributed by atoms with van der Waals surface area (Å²) in [5.74, 6) is 0.785. The van der Waals surface area contributed by atoms with Gasteiger partial charge >= 0.3 is 0 Å². The Hall–Kier alpha value is -2.66. The van der Waals surface area contributed by atoms with E-state index in [1.165, 1.54) is 11.3 Å². The van der Waals surface area contributed by atoms with Crippen LogP contribution in [0.3, 0.4) is 0 Å². The van der Waals surface area contributed by atoms with E-state index in [9.17, 15) is 9.90 Å². The van der Waals surface area contributed by atoms with Crippen LogP contribution < -0.4 is 4.74 Å². The number of carbonyl (C=O) groups excluding carboxylic acids is 1. The molecule has 1 heterocycles. The molecule has 126 valence electrons. The molecule has 4 rings (SSSR count). The number of para-hydroxylation sites is 1. The summed E-state index contributed by atoms with van der Waals surface area (Å²) in [6.07, 6.45) is 1.56. The highest BCUT2D eigenvalue weighted by Gasteiger charge is 2.26. The van der Waals surface area contributed by atoms with Crippen molar-refractivity contribution in [2.24, 2.45) is 0 Å². The van der Waals surface area contributed by atoms with E-state index in [0.717, 1.165) is 27.8 Å². The van der Waals surface area contributed by atoms with Gasteiger partial charge in [-0.3, -0.25) is 4.79 Å². The summed E-state index contributed by atoms with van der Waals surface area (Å²) in [4.78, 5) is 16.6. The number of aliphatic hydroxyl groups is 1. The van der Waals surface area contributed by atoms with Crippen molar-refractivity contribution in [3.8, 4) is 10.9 Å². The SMILES string of the molecule is CCc1ccc(Oc2nc3ccccc3s2)cc1C1=C(O)CCC1=O. The highest BCUT2D eigenvalue weighted by molar-refractivity contribution is 7.20. The lowest BCUT2D eigenvalue weighted by Crippen LogP contribution is -2.01. The molecular formula is C20H17NO3S. The lowest BCUT2D eigenvalue weighted by atomic mass is 9.96. The van der Waals surface area contributed by atoms with Gasteiger partial charge in [0.2, 0.25) is 0 Å². The van der Waals surface area contributed by atoms with Crippen LogP contribution in [0.2, 0.25) is 0 Å². The average Bonchev–Trinajstić information content (AvgIpc) is 3.17. The predicted molar refractivity (Wildman–Crippen MR) is 99.3 cm³/mol. The molecule has 2 aromatic carbocycles. The Balaban J connectivity index is 1.72. The van der Waals surface area contributed by atoms with E-state index < -0.39 is 0 Å². The molecule has 1 aliphatic carbocycles. The van der Waals surface area contributed by atoms with E-state index >= 15 is 0 Å². The number of rotatable bonds is 4. The highest BCUT2D eigenvalue weighted by Crippen LogP contribution is 2.36. The maximum atomic E-state index is 12.2.